The molecular formula is C8H18O3. The highest BCUT2D eigenvalue weighted by Gasteiger charge is 2.12. The largest absolute Gasteiger partial charge is 0.396 e. The lowest BCUT2D eigenvalue weighted by Crippen LogP contribution is -2.26. The fourth-order valence-electron chi connectivity index (χ4n) is 0.579. The fourth-order valence-corrected chi connectivity index (χ4v) is 0.579. The molecule has 0 aliphatic rings. The summed E-state index contributed by atoms with van der Waals surface area (Å²) in [4.78, 5) is 0. The van der Waals surface area contributed by atoms with Gasteiger partial charge in [-0.1, -0.05) is 0 Å². The Kier molecular flexibility index (Phi) is 4.65. The maximum absolute atomic E-state index is 9.13. The smallest absolute Gasteiger partial charge is 0.0795 e. The average Bonchev–Trinajstić information content (AvgIpc) is 1.83. The maximum Gasteiger partial charge on any atom is 0.0795 e. The number of rotatable bonds is 4. The summed E-state index contributed by atoms with van der Waals surface area (Å²) in [5.74, 6) is 0. The van der Waals surface area contributed by atoms with E-state index in [-0.39, 0.29) is 12.2 Å². The van der Waals surface area contributed by atoms with Gasteiger partial charge in [-0.05, 0) is 27.2 Å². The zero-order valence-electron chi connectivity index (χ0n) is 7.50. The molecule has 0 spiro atoms. The predicted molar refractivity (Wildman–Crippen MR) is 43.4 cm³/mol. The van der Waals surface area contributed by atoms with E-state index in [1.807, 2.05) is 20.8 Å². The van der Waals surface area contributed by atoms with Gasteiger partial charge in [-0.15, -0.1) is 0 Å². The van der Waals surface area contributed by atoms with Crippen molar-refractivity contribution in [2.45, 2.75) is 38.9 Å². The van der Waals surface area contributed by atoms with Crippen molar-refractivity contribution in [2.24, 2.45) is 0 Å². The Hall–Kier alpha value is -0.120. The molecule has 0 amide bonds. The lowest BCUT2D eigenvalue weighted by Gasteiger charge is -2.21. The molecule has 0 saturated carbocycles. The predicted octanol–water partition coefficient (Wildman–Crippen LogP) is 0.545. The lowest BCUT2D eigenvalue weighted by atomic mass is 10.2. The molecule has 0 radical (unpaired) electrons. The van der Waals surface area contributed by atoms with Gasteiger partial charge in [0.05, 0.1) is 18.3 Å². The van der Waals surface area contributed by atoms with Crippen LogP contribution < -0.4 is 0 Å². The molecule has 0 aliphatic heterocycles. The summed E-state index contributed by atoms with van der Waals surface area (Å²) in [5, 5.41) is 17.6. The zero-order chi connectivity index (χ0) is 8.91. The first-order valence-corrected chi connectivity index (χ1v) is 3.88. The van der Waals surface area contributed by atoms with Crippen LogP contribution in [-0.2, 0) is 4.74 Å². The van der Waals surface area contributed by atoms with Gasteiger partial charge in [-0.2, -0.15) is 0 Å². The van der Waals surface area contributed by atoms with Crippen LogP contribution in [0.25, 0.3) is 0 Å². The Morgan fingerprint density at radius 1 is 1.36 bits per heavy atom. The van der Waals surface area contributed by atoms with Crippen LogP contribution in [0.5, 0.6) is 0 Å². The minimum Gasteiger partial charge on any atom is -0.396 e. The first-order valence-electron chi connectivity index (χ1n) is 3.88. The van der Waals surface area contributed by atoms with Crippen molar-refractivity contribution in [3.63, 3.8) is 0 Å². The third-order valence-corrected chi connectivity index (χ3v) is 1.17. The Bertz CT molecular complexity index is 96.0. The van der Waals surface area contributed by atoms with Gasteiger partial charge in [0.2, 0.25) is 0 Å². The molecule has 3 heteroatoms. The van der Waals surface area contributed by atoms with E-state index in [9.17, 15) is 0 Å². The SMILES string of the molecule is CC(C)(C)OCC(O)CCO. The minimum absolute atomic E-state index is 0.00860. The van der Waals surface area contributed by atoms with Crippen LogP contribution in [0.4, 0.5) is 0 Å². The highest BCUT2D eigenvalue weighted by molar-refractivity contribution is 4.61. The summed E-state index contributed by atoms with van der Waals surface area (Å²) in [5.41, 5.74) is -0.212. The molecule has 2 N–H and O–H groups in total. The fraction of sp³-hybridized carbons (Fsp3) is 1.00. The van der Waals surface area contributed by atoms with Gasteiger partial charge in [0.15, 0.2) is 0 Å². The molecular weight excluding hydrogens is 144 g/mol. The van der Waals surface area contributed by atoms with Crippen molar-refractivity contribution in [1.29, 1.82) is 0 Å². The maximum atomic E-state index is 9.13. The molecule has 0 aliphatic carbocycles. The summed E-state index contributed by atoms with van der Waals surface area (Å²) in [7, 11) is 0. The van der Waals surface area contributed by atoms with Crippen molar-refractivity contribution in [1.82, 2.24) is 0 Å². The normalized spacial score (nSPS) is 15.0. The third kappa shape index (κ3) is 7.78. The Morgan fingerprint density at radius 2 is 1.91 bits per heavy atom. The van der Waals surface area contributed by atoms with Crippen LogP contribution in [0.2, 0.25) is 0 Å². The molecule has 1 unspecified atom stereocenters. The van der Waals surface area contributed by atoms with E-state index in [0.717, 1.165) is 0 Å². The minimum atomic E-state index is -0.542. The summed E-state index contributed by atoms with van der Waals surface area (Å²) in [6.07, 6.45) is -0.157. The van der Waals surface area contributed by atoms with E-state index in [1.165, 1.54) is 0 Å². The number of hydrogen-bond donors (Lipinski definition) is 2. The van der Waals surface area contributed by atoms with Gasteiger partial charge in [0, 0.05) is 6.61 Å². The van der Waals surface area contributed by atoms with Gasteiger partial charge in [-0.25, -0.2) is 0 Å². The molecule has 0 aromatic carbocycles. The summed E-state index contributed by atoms with van der Waals surface area (Å²) in [6.45, 7) is 6.09. The van der Waals surface area contributed by atoms with Gasteiger partial charge in [0.25, 0.3) is 0 Å². The Labute approximate surface area is 68.0 Å². The Balaban J connectivity index is 3.38. The van der Waals surface area contributed by atoms with E-state index in [1.54, 1.807) is 0 Å². The number of hydrogen-bond acceptors (Lipinski definition) is 3. The van der Waals surface area contributed by atoms with E-state index < -0.39 is 6.10 Å². The molecule has 0 fully saturated rings. The van der Waals surface area contributed by atoms with Crippen molar-refractivity contribution >= 4 is 0 Å². The number of ether oxygens (including phenoxy) is 1. The lowest BCUT2D eigenvalue weighted by molar-refractivity contribution is -0.0534. The summed E-state index contributed by atoms with van der Waals surface area (Å²) < 4.78 is 5.28. The third-order valence-electron chi connectivity index (χ3n) is 1.17. The number of aliphatic hydroxyl groups excluding tert-OH is 2. The molecule has 68 valence electrons. The number of aliphatic hydroxyl groups is 2. The van der Waals surface area contributed by atoms with Crippen LogP contribution in [0.15, 0.2) is 0 Å². The molecule has 0 aromatic rings. The van der Waals surface area contributed by atoms with E-state index in [2.05, 4.69) is 0 Å². The first-order chi connectivity index (χ1) is 4.95. The molecule has 0 bridgehead atoms. The van der Waals surface area contributed by atoms with Crippen molar-refractivity contribution < 1.29 is 14.9 Å². The Morgan fingerprint density at radius 3 is 2.27 bits per heavy atom. The molecule has 0 heterocycles. The second-order valence-electron chi connectivity index (χ2n) is 3.59. The van der Waals surface area contributed by atoms with Gasteiger partial charge >= 0.3 is 0 Å². The van der Waals surface area contributed by atoms with Crippen LogP contribution >= 0.6 is 0 Å². The van der Waals surface area contributed by atoms with Gasteiger partial charge in [-0.3, -0.25) is 0 Å². The first kappa shape index (κ1) is 10.9. The molecule has 11 heavy (non-hydrogen) atoms. The zero-order valence-corrected chi connectivity index (χ0v) is 7.50. The highest BCUT2D eigenvalue weighted by atomic mass is 16.5. The topological polar surface area (TPSA) is 49.7 Å². The van der Waals surface area contributed by atoms with Crippen LogP contribution in [0.3, 0.4) is 0 Å². The molecule has 0 rings (SSSR count). The van der Waals surface area contributed by atoms with Gasteiger partial charge in [0.1, 0.15) is 0 Å². The molecule has 1 atom stereocenters. The molecule has 0 saturated heterocycles. The van der Waals surface area contributed by atoms with Crippen molar-refractivity contribution in [2.75, 3.05) is 13.2 Å². The second-order valence-corrected chi connectivity index (χ2v) is 3.59. The van der Waals surface area contributed by atoms with E-state index in [0.29, 0.717) is 13.0 Å². The highest BCUT2D eigenvalue weighted by Crippen LogP contribution is 2.07. The molecule has 0 aromatic heterocycles. The van der Waals surface area contributed by atoms with Gasteiger partial charge < -0.3 is 14.9 Å². The average molecular weight is 162 g/mol. The summed E-state index contributed by atoms with van der Waals surface area (Å²) in [6, 6.07) is 0. The van der Waals surface area contributed by atoms with Crippen LogP contribution in [-0.4, -0.2) is 35.1 Å². The van der Waals surface area contributed by atoms with E-state index in [4.69, 9.17) is 14.9 Å². The van der Waals surface area contributed by atoms with Crippen molar-refractivity contribution in [3.05, 3.63) is 0 Å². The van der Waals surface area contributed by atoms with Crippen molar-refractivity contribution in [3.8, 4) is 0 Å². The van der Waals surface area contributed by atoms with E-state index >= 15 is 0 Å². The monoisotopic (exact) mass is 162 g/mol. The summed E-state index contributed by atoms with van der Waals surface area (Å²) >= 11 is 0. The second kappa shape index (κ2) is 4.70. The quantitative estimate of drug-likeness (QED) is 0.634. The standard InChI is InChI=1S/C8H18O3/c1-8(2,3)11-6-7(10)4-5-9/h7,9-10H,4-6H2,1-3H3. The molecule has 3 nitrogen and oxygen atoms in total. The van der Waals surface area contributed by atoms with Crippen LogP contribution in [0, 0.1) is 0 Å². The van der Waals surface area contributed by atoms with Crippen LogP contribution in [0.1, 0.15) is 27.2 Å².